The molecule has 1 amide bonds. The maximum Gasteiger partial charge on any atom is 0.239 e. The van der Waals surface area contributed by atoms with E-state index in [0.717, 1.165) is 30.9 Å². The molecule has 5 heteroatoms. The number of rotatable bonds is 8. The Morgan fingerprint density at radius 2 is 1.73 bits per heavy atom. The van der Waals surface area contributed by atoms with Gasteiger partial charge in [0.15, 0.2) is 0 Å². The number of ether oxygens (including phenoxy) is 1. The number of carbonyl (C=O) groups is 1. The van der Waals surface area contributed by atoms with Crippen LogP contribution in [0.5, 0.6) is 5.75 Å². The number of hydrogen-bond acceptors (Lipinski definition) is 4. The molecular formula is C21H27N3O2. The van der Waals surface area contributed by atoms with Crippen molar-refractivity contribution in [1.82, 2.24) is 5.32 Å². The molecular weight excluding hydrogens is 326 g/mol. The van der Waals surface area contributed by atoms with E-state index in [9.17, 15) is 4.79 Å². The van der Waals surface area contributed by atoms with Crippen LogP contribution in [-0.2, 0) is 11.2 Å². The van der Waals surface area contributed by atoms with Crippen LogP contribution < -0.4 is 20.3 Å². The van der Waals surface area contributed by atoms with E-state index >= 15 is 0 Å². The summed E-state index contributed by atoms with van der Waals surface area (Å²) < 4.78 is 5.14. The summed E-state index contributed by atoms with van der Waals surface area (Å²) in [5, 5.41) is 6.12. The number of methoxy groups -OCH3 is 1. The fourth-order valence-electron chi connectivity index (χ4n) is 3.15. The molecule has 0 aromatic heterocycles. The quantitative estimate of drug-likeness (QED) is 0.766. The van der Waals surface area contributed by atoms with E-state index in [0.29, 0.717) is 6.54 Å². The summed E-state index contributed by atoms with van der Waals surface area (Å²) in [5.74, 6) is 0.847. The van der Waals surface area contributed by atoms with Crippen molar-refractivity contribution in [1.29, 1.82) is 0 Å². The Balaban J connectivity index is 1.36. The molecule has 1 fully saturated rings. The molecule has 0 atom stereocenters. The zero-order chi connectivity index (χ0) is 18.2. The average molecular weight is 353 g/mol. The van der Waals surface area contributed by atoms with Gasteiger partial charge in [0.1, 0.15) is 5.75 Å². The van der Waals surface area contributed by atoms with Crippen LogP contribution in [0.25, 0.3) is 0 Å². The Morgan fingerprint density at radius 3 is 2.38 bits per heavy atom. The summed E-state index contributed by atoms with van der Waals surface area (Å²) in [7, 11) is 1.65. The minimum atomic E-state index is 0.00197. The van der Waals surface area contributed by atoms with Gasteiger partial charge < -0.3 is 20.3 Å². The molecule has 0 radical (unpaired) electrons. The van der Waals surface area contributed by atoms with Crippen LogP contribution in [0.4, 0.5) is 11.4 Å². The molecule has 1 aliphatic rings. The average Bonchev–Trinajstić information content (AvgIpc) is 3.22. The monoisotopic (exact) mass is 353 g/mol. The van der Waals surface area contributed by atoms with E-state index in [1.807, 2.05) is 36.4 Å². The van der Waals surface area contributed by atoms with E-state index < -0.39 is 0 Å². The summed E-state index contributed by atoms with van der Waals surface area (Å²) in [5.41, 5.74) is 3.41. The Hall–Kier alpha value is -2.69. The molecule has 1 aliphatic heterocycles. The first-order valence-electron chi connectivity index (χ1n) is 9.23. The van der Waals surface area contributed by atoms with E-state index in [4.69, 9.17) is 4.74 Å². The molecule has 0 spiro atoms. The molecule has 0 saturated carbocycles. The number of benzene rings is 2. The molecule has 2 aromatic rings. The summed E-state index contributed by atoms with van der Waals surface area (Å²) >= 11 is 0. The fraction of sp³-hybridized carbons (Fsp3) is 0.381. The van der Waals surface area contributed by atoms with Crippen molar-refractivity contribution in [2.24, 2.45) is 0 Å². The van der Waals surface area contributed by atoms with Gasteiger partial charge in [0.2, 0.25) is 5.91 Å². The van der Waals surface area contributed by atoms with Crippen LogP contribution in [0.15, 0.2) is 48.5 Å². The van der Waals surface area contributed by atoms with Gasteiger partial charge >= 0.3 is 0 Å². The van der Waals surface area contributed by atoms with Gasteiger partial charge in [-0.15, -0.1) is 0 Å². The third-order valence-corrected chi connectivity index (χ3v) is 4.69. The number of anilines is 2. The predicted molar refractivity (Wildman–Crippen MR) is 106 cm³/mol. The second-order valence-electron chi connectivity index (χ2n) is 6.54. The minimum Gasteiger partial charge on any atom is -0.497 e. The van der Waals surface area contributed by atoms with Crippen molar-refractivity contribution in [2.45, 2.75) is 19.3 Å². The van der Waals surface area contributed by atoms with E-state index in [1.165, 1.54) is 24.1 Å². The zero-order valence-electron chi connectivity index (χ0n) is 15.3. The summed E-state index contributed by atoms with van der Waals surface area (Å²) in [4.78, 5) is 14.4. The van der Waals surface area contributed by atoms with Gasteiger partial charge in [0, 0.05) is 31.0 Å². The summed E-state index contributed by atoms with van der Waals surface area (Å²) in [6, 6.07) is 16.2. The molecule has 3 rings (SSSR count). The molecule has 5 nitrogen and oxygen atoms in total. The van der Waals surface area contributed by atoms with Crippen LogP contribution in [0.1, 0.15) is 18.4 Å². The topological polar surface area (TPSA) is 53.6 Å². The van der Waals surface area contributed by atoms with Gasteiger partial charge in [-0.05, 0) is 61.2 Å². The van der Waals surface area contributed by atoms with E-state index in [-0.39, 0.29) is 12.5 Å². The molecule has 1 saturated heterocycles. The Labute approximate surface area is 155 Å². The summed E-state index contributed by atoms with van der Waals surface area (Å²) in [6.45, 7) is 3.19. The molecule has 26 heavy (non-hydrogen) atoms. The van der Waals surface area contributed by atoms with Crippen molar-refractivity contribution in [3.8, 4) is 5.75 Å². The highest BCUT2D eigenvalue weighted by molar-refractivity contribution is 5.80. The third-order valence-electron chi connectivity index (χ3n) is 4.69. The number of hydrogen-bond donors (Lipinski definition) is 2. The van der Waals surface area contributed by atoms with E-state index in [2.05, 4.69) is 27.7 Å². The zero-order valence-corrected chi connectivity index (χ0v) is 15.3. The molecule has 1 heterocycles. The number of carbonyl (C=O) groups excluding carboxylic acids is 1. The highest BCUT2D eigenvalue weighted by Crippen LogP contribution is 2.21. The third kappa shape index (κ3) is 5.15. The molecule has 0 aliphatic carbocycles. The Morgan fingerprint density at radius 1 is 1.04 bits per heavy atom. The first kappa shape index (κ1) is 18.1. The lowest BCUT2D eigenvalue weighted by Crippen LogP contribution is -2.31. The molecule has 138 valence electrons. The summed E-state index contributed by atoms with van der Waals surface area (Å²) in [6.07, 6.45) is 3.35. The van der Waals surface area contributed by atoms with Gasteiger partial charge in [0.05, 0.1) is 13.7 Å². The standard InChI is InChI=1S/C21H27N3O2/c1-26-20-10-4-17(5-11-20)12-13-22-21(25)16-23-18-6-8-19(9-7-18)24-14-2-3-15-24/h4-11,23H,2-3,12-16H2,1H3,(H,22,25). The van der Waals surface area contributed by atoms with Gasteiger partial charge in [-0.2, -0.15) is 0 Å². The molecule has 2 N–H and O–H groups in total. The smallest absolute Gasteiger partial charge is 0.239 e. The van der Waals surface area contributed by atoms with Crippen molar-refractivity contribution in [3.05, 3.63) is 54.1 Å². The highest BCUT2D eigenvalue weighted by atomic mass is 16.5. The number of nitrogens with one attached hydrogen (secondary N) is 2. The van der Waals surface area contributed by atoms with Crippen LogP contribution in [-0.4, -0.2) is 39.2 Å². The Kier molecular flexibility index (Phi) is 6.36. The highest BCUT2D eigenvalue weighted by Gasteiger charge is 2.11. The number of amides is 1. The lowest BCUT2D eigenvalue weighted by atomic mass is 10.1. The first-order chi connectivity index (χ1) is 12.7. The Bertz CT molecular complexity index is 692. The predicted octanol–water partition coefficient (Wildman–Crippen LogP) is 3.07. The van der Waals surface area contributed by atoms with Gasteiger partial charge in [-0.25, -0.2) is 0 Å². The maximum absolute atomic E-state index is 12.0. The SMILES string of the molecule is COc1ccc(CCNC(=O)CNc2ccc(N3CCCC3)cc2)cc1. The second kappa shape index (κ2) is 9.13. The van der Waals surface area contributed by atoms with Crippen molar-refractivity contribution >= 4 is 17.3 Å². The van der Waals surface area contributed by atoms with Gasteiger partial charge in [-0.3, -0.25) is 4.79 Å². The largest absolute Gasteiger partial charge is 0.497 e. The molecule has 0 unspecified atom stereocenters. The lowest BCUT2D eigenvalue weighted by molar-refractivity contribution is -0.119. The van der Waals surface area contributed by atoms with Crippen molar-refractivity contribution in [3.63, 3.8) is 0 Å². The minimum absolute atomic E-state index is 0.00197. The number of nitrogens with zero attached hydrogens (tertiary/aromatic N) is 1. The van der Waals surface area contributed by atoms with Gasteiger partial charge in [0.25, 0.3) is 0 Å². The van der Waals surface area contributed by atoms with Crippen molar-refractivity contribution in [2.75, 3.05) is 43.5 Å². The van der Waals surface area contributed by atoms with Crippen LogP contribution in [0.2, 0.25) is 0 Å². The van der Waals surface area contributed by atoms with Crippen LogP contribution >= 0.6 is 0 Å². The van der Waals surface area contributed by atoms with Crippen molar-refractivity contribution < 1.29 is 9.53 Å². The second-order valence-corrected chi connectivity index (χ2v) is 6.54. The van der Waals surface area contributed by atoms with Crippen LogP contribution in [0, 0.1) is 0 Å². The molecule has 2 aromatic carbocycles. The first-order valence-corrected chi connectivity index (χ1v) is 9.23. The lowest BCUT2D eigenvalue weighted by Gasteiger charge is -2.18. The van der Waals surface area contributed by atoms with E-state index in [1.54, 1.807) is 7.11 Å². The normalized spacial score (nSPS) is 13.5. The maximum atomic E-state index is 12.0. The fourth-order valence-corrected chi connectivity index (χ4v) is 3.15. The van der Waals surface area contributed by atoms with Gasteiger partial charge in [-0.1, -0.05) is 12.1 Å². The van der Waals surface area contributed by atoms with Crippen LogP contribution in [0.3, 0.4) is 0 Å². The molecule has 0 bridgehead atoms.